The van der Waals surface area contributed by atoms with E-state index in [0.29, 0.717) is 16.8 Å². The fourth-order valence-corrected chi connectivity index (χ4v) is 1.68. The van der Waals surface area contributed by atoms with Gasteiger partial charge >= 0.3 is 5.97 Å². The number of non-ortho nitro benzene ring substituents is 1. The zero-order valence-electron chi connectivity index (χ0n) is 9.72. The second-order valence-corrected chi connectivity index (χ2v) is 4.13. The molecule has 18 heavy (non-hydrogen) atoms. The van der Waals surface area contributed by atoms with Crippen molar-refractivity contribution in [2.75, 3.05) is 13.2 Å². The number of hydrogen-bond donors (Lipinski definition) is 0. The Bertz CT molecular complexity index is 449. The Morgan fingerprint density at radius 1 is 1.50 bits per heavy atom. The van der Waals surface area contributed by atoms with Crippen LogP contribution in [0.15, 0.2) is 22.7 Å². The Balaban J connectivity index is 2.53. The number of rotatable bonds is 6. The van der Waals surface area contributed by atoms with Crippen LogP contribution in [-0.2, 0) is 9.53 Å². The van der Waals surface area contributed by atoms with Crippen molar-refractivity contribution in [3.05, 3.63) is 32.8 Å². The van der Waals surface area contributed by atoms with E-state index < -0.39 is 4.92 Å². The molecule has 0 heterocycles. The van der Waals surface area contributed by atoms with Crippen LogP contribution in [0.4, 0.5) is 5.69 Å². The number of carbonyl (C=O) groups is 1. The summed E-state index contributed by atoms with van der Waals surface area (Å²) in [5.74, 6) is 0.112. The fraction of sp³-hybridized carbons (Fsp3) is 0.364. The molecule has 98 valence electrons. The summed E-state index contributed by atoms with van der Waals surface area (Å²) in [6.07, 6.45) is 0.136. The smallest absolute Gasteiger partial charge is 0.309 e. The van der Waals surface area contributed by atoms with Crippen molar-refractivity contribution in [3.63, 3.8) is 0 Å². The SMILES string of the molecule is CCOC(=O)CCOc1ccc([N+](=O)[O-])cc1Br. The molecule has 0 saturated carbocycles. The minimum Gasteiger partial charge on any atom is -0.492 e. The lowest BCUT2D eigenvalue weighted by Crippen LogP contribution is -2.09. The number of benzene rings is 1. The Kier molecular flexibility index (Phi) is 5.57. The molecule has 7 heteroatoms. The average Bonchev–Trinajstić information content (AvgIpc) is 2.31. The number of nitrogens with zero attached hydrogens (tertiary/aromatic N) is 1. The van der Waals surface area contributed by atoms with E-state index in [2.05, 4.69) is 15.9 Å². The van der Waals surface area contributed by atoms with Gasteiger partial charge in [-0.3, -0.25) is 14.9 Å². The van der Waals surface area contributed by atoms with E-state index in [9.17, 15) is 14.9 Å². The van der Waals surface area contributed by atoms with Gasteiger partial charge in [0.15, 0.2) is 0 Å². The highest BCUT2D eigenvalue weighted by atomic mass is 79.9. The molecule has 0 spiro atoms. The molecular formula is C11H12BrNO5. The molecule has 6 nitrogen and oxygen atoms in total. The van der Waals surface area contributed by atoms with Gasteiger partial charge in [0.25, 0.3) is 5.69 Å². The monoisotopic (exact) mass is 317 g/mol. The van der Waals surface area contributed by atoms with Crippen LogP contribution >= 0.6 is 15.9 Å². The molecule has 0 atom stereocenters. The van der Waals surface area contributed by atoms with Crippen LogP contribution in [0.1, 0.15) is 13.3 Å². The largest absolute Gasteiger partial charge is 0.492 e. The molecule has 0 fully saturated rings. The topological polar surface area (TPSA) is 78.7 Å². The molecule has 1 rings (SSSR count). The lowest BCUT2D eigenvalue weighted by Gasteiger charge is -2.07. The molecule has 0 aliphatic carbocycles. The molecule has 1 aromatic carbocycles. The van der Waals surface area contributed by atoms with E-state index in [1.165, 1.54) is 18.2 Å². The van der Waals surface area contributed by atoms with Gasteiger partial charge in [0.05, 0.1) is 29.0 Å². The van der Waals surface area contributed by atoms with Crippen molar-refractivity contribution in [3.8, 4) is 5.75 Å². The van der Waals surface area contributed by atoms with E-state index in [-0.39, 0.29) is 24.7 Å². The third-order valence-electron chi connectivity index (χ3n) is 2.00. The lowest BCUT2D eigenvalue weighted by molar-refractivity contribution is -0.385. The number of esters is 1. The highest BCUT2D eigenvalue weighted by Gasteiger charge is 2.10. The van der Waals surface area contributed by atoms with Crippen LogP contribution in [0.3, 0.4) is 0 Å². The van der Waals surface area contributed by atoms with Gasteiger partial charge < -0.3 is 9.47 Å². The predicted molar refractivity (Wildman–Crippen MR) is 67.5 cm³/mol. The molecule has 0 saturated heterocycles. The van der Waals surface area contributed by atoms with Crippen molar-refractivity contribution < 1.29 is 19.2 Å². The molecule has 0 N–H and O–H groups in total. The Hall–Kier alpha value is -1.63. The van der Waals surface area contributed by atoms with Gasteiger partial charge in [0.1, 0.15) is 5.75 Å². The molecule has 0 bridgehead atoms. The van der Waals surface area contributed by atoms with Crippen LogP contribution in [-0.4, -0.2) is 24.1 Å². The van der Waals surface area contributed by atoms with Crippen LogP contribution < -0.4 is 4.74 Å². The number of ether oxygens (including phenoxy) is 2. The Morgan fingerprint density at radius 3 is 2.78 bits per heavy atom. The maximum Gasteiger partial charge on any atom is 0.309 e. The minimum atomic E-state index is -0.493. The highest BCUT2D eigenvalue weighted by molar-refractivity contribution is 9.10. The summed E-state index contributed by atoms with van der Waals surface area (Å²) in [7, 11) is 0. The second kappa shape index (κ2) is 6.95. The number of nitro groups is 1. The quantitative estimate of drug-likeness (QED) is 0.458. The van der Waals surface area contributed by atoms with Crippen molar-refractivity contribution in [1.82, 2.24) is 0 Å². The zero-order chi connectivity index (χ0) is 13.5. The van der Waals surface area contributed by atoms with Crippen molar-refractivity contribution >= 4 is 27.6 Å². The van der Waals surface area contributed by atoms with Gasteiger partial charge in [-0.25, -0.2) is 0 Å². The molecule has 0 unspecified atom stereocenters. The Labute approximate surface area is 112 Å². The van der Waals surface area contributed by atoms with Crippen LogP contribution in [0, 0.1) is 10.1 Å². The van der Waals surface area contributed by atoms with E-state index in [1.807, 2.05) is 0 Å². The normalized spacial score (nSPS) is 9.89. The standard InChI is InChI=1S/C11H12BrNO5/c1-2-17-11(14)5-6-18-10-4-3-8(13(15)16)7-9(10)12/h3-4,7H,2,5-6H2,1H3. The van der Waals surface area contributed by atoms with Gasteiger partial charge in [-0.1, -0.05) is 0 Å². The number of halogens is 1. The maximum absolute atomic E-state index is 11.1. The van der Waals surface area contributed by atoms with E-state index in [4.69, 9.17) is 9.47 Å². The number of hydrogen-bond acceptors (Lipinski definition) is 5. The number of carbonyl (C=O) groups excluding carboxylic acids is 1. The minimum absolute atomic E-state index is 0.0281. The molecule has 0 radical (unpaired) electrons. The van der Waals surface area contributed by atoms with Gasteiger partial charge in [-0.15, -0.1) is 0 Å². The molecule has 0 aromatic heterocycles. The third kappa shape index (κ3) is 4.33. The summed E-state index contributed by atoms with van der Waals surface area (Å²) in [6.45, 7) is 2.22. The first-order valence-corrected chi connectivity index (χ1v) is 6.06. The van der Waals surface area contributed by atoms with Gasteiger partial charge in [0.2, 0.25) is 0 Å². The van der Waals surface area contributed by atoms with Gasteiger partial charge in [-0.05, 0) is 28.9 Å². The van der Waals surface area contributed by atoms with Crippen molar-refractivity contribution in [2.24, 2.45) is 0 Å². The van der Waals surface area contributed by atoms with Crippen molar-refractivity contribution in [1.29, 1.82) is 0 Å². The van der Waals surface area contributed by atoms with Gasteiger partial charge in [0, 0.05) is 12.1 Å². The summed E-state index contributed by atoms with van der Waals surface area (Å²) in [5.41, 5.74) is -0.0281. The first-order chi connectivity index (χ1) is 8.54. The highest BCUT2D eigenvalue weighted by Crippen LogP contribution is 2.29. The van der Waals surface area contributed by atoms with E-state index in [0.717, 1.165) is 0 Å². The zero-order valence-corrected chi connectivity index (χ0v) is 11.3. The summed E-state index contributed by atoms with van der Waals surface area (Å²) in [4.78, 5) is 21.1. The van der Waals surface area contributed by atoms with E-state index >= 15 is 0 Å². The summed E-state index contributed by atoms with van der Waals surface area (Å²) in [5, 5.41) is 10.5. The molecular weight excluding hydrogens is 306 g/mol. The molecule has 0 aliphatic heterocycles. The van der Waals surface area contributed by atoms with Crippen LogP contribution in [0.25, 0.3) is 0 Å². The molecule has 0 amide bonds. The Morgan fingerprint density at radius 2 is 2.22 bits per heavy atom. The van der Waals surface area contributed by atoms with Crippen molar-refractivity contribution in [2.45, 2.75) is 13.3 Å². The maximum atomic E-state index is 11.1. The molecule has 0 aliphatic rings. The summed E-state index contributed by atoms with van der Waals surface area (Å²) >= 11 is 3.17. The predicted octanol–water partition coefficient (Wildman–Crippen LogP) is 2.69. The second-order valence-electron chi connectivity index (χ2n) is 3.28. The molecule has 1 aromatic rings. The summed E-state index contributed by atoms with van der Waals surface area (Å²) < 4.78 is 10.5. The first kappa shape index (κ1) is 14.4. The lowest BCUT2D eigenvalue weighted by atomic mass is 10.3. The third-order valence-corrected chi connectivity index (χ3v) is 2.62. The van der Waals surface area contributed by atoms with Gasteiger partial charge in [-0.2, -0.15) is 0 Å². The number of nitro benzene ring substituents is 1. The first-order valence-electron chi connectivity index (χ1n) is 5.27. The fourth-order valence-electron chi connectivity index (χ4n) is 1.20. The van der Waals surface area contributed by atoms with Crippen LogP contribution in [0.5, 0.6) is 5.75 Å². The summed E-state index contributed by atoms with van der Waals surface area (Å²) in [6, 6.07) is 4.16. The van der Waals surface area contributed by atoms with Crippen LogP contribution in [0.2, 0.25) is 0 Å². The van der Waals surface area contributed by atoms with E-state index in [1.54, 1.807) is 6.92 Å². The average molecular weight is 318 g/mol.